The molecule has 0 N–H and O–H groups in total. The third kappa shape index (κ3) is 1.28. The first-order chi connectivity index (χ1) is 7.59. The summed E-state index contributed by atoms with van der Waals surface area (Å²) in [6, 6.07) is 4.70. The fraction of sp³-hybridized carbons (Fsp3) is 0.333. The van der Waals surface area contributed by atoms with E-state index < -0.39 is 0 Å². The van der Waals surface area contributed by atoms with Crippen LogP contribution in [-0.2, 0) is 5.41 Å². The molecule has 1 aromatic carbocycles. The van der Waals surface area contributed by atoms with Gasteiger partial charge in [-0.15, -0.1) is 0 Å². The minimum absolute atomic E-state index is 0.250. The molecule has 1 aliphatic rings. The molecule has 1 heteroatoms. The van der Waals surface area contributed by atoms with Gasteiger partial charge in [0.05, 0.1) is 0 Å². The summed E-state index contributed by atoms with van der Waals surface area (Å²) in [7, 11) is 0. The van der Waals surface area contributed by atoms with Gasteiger partial charge in [0.2, 0.25) is 0 Å². The van der Waals surface area contributed by atoms with E-state index in [1.165, 1.54) is 21.9 Å². The predicted molar refractivity (Wildman–Crippen MR) is 73.0 cm³/mol. The van der Waals surface area contributed by atoms with Crippen LogP contribution in [0.1, 0.15) is 31.9 Å². The lowest BCUT2D eigenvalue weighted by Crippen LogP contribution is -2.28. The van der Waals surface area contributed by atoms with E-state index in [1.54, 1.807) is 11.3 Å². The monoisotopic (exact) mass is 228 g/mol. The number of allylic oxidation sites excluding steroid dienone is 1. The van der Waals surface area contributed by atoms with Crippen molar-refractivity contribution in [1.29, 1.82) is 0 Å². The molecule has 0 saturated carbocycles. The van der Waals surface area contributed by atoms with Gasteiger partial charge in [0.1, 0.15) is 0 Å². The highest BCUT2D eigenvalue weighted by Crippen LogP contribution is 2.41. The van der Waals surface area contributed by atoms with Crippen LogP contribution in [0.2, 0.25) is 0 Å². The molecule has 1 unspecified atom stereocenters. The molecule has 0 aliphatic heterocycles. The Kier molecular flexibility index (Phi) is 2.02. The smallest absolute Gasteiger partial charge is 0.00143 e. The molecule has 0 saturated heterocycles. The molecule has 82 valence electrons. The van der Waals surface area contributed by atoms with Crippen LogP contribution < -0.4 is 0 Å². The van der Waals surface area contributed by atoms with Gasteiger partial charge in [-0.3, -0.25) is 0 Å². The minimum Gasteiger partial charge on any atom is -0.151 e. The Balaban J connectivity index is 2.33. The zero-order chi connectivity index (χ0) is 11.3. The van der Waals surface area contributed by atoms with Gasteiger partial charge in [0.15, 0.2) is 0 Å². The van der Waals surface area contributed by atoms with Crippen molar-refractivity contribution < 1.29 is 0 Å². The van der Waals surface area contributed by atoms with Crippen molar-refractivity contribution >= 4 is 28.2 Å². The van der Waals surface area contributed by atoms with Gasteiger partial charge >= 0.3 is 0 Å². The lowest BCUT2D eigenvalue weighted by Gasteiger charge is -2.35. The zero-order valence-electron chi connectivity index (χ0n) is 9.95. The molecule has 16 heavy (non-hydrogen) atoms. The van der Waals surface area contributed by atoms with Gasteiger partial charge in [-0.1, -0.05) is 32.9 Å². The first-order valence-corrected chi connectivity index (χ1v) is 6.72. The average molecular weight is 228 g/mol. The normalized spacial score (nSPS) is 22.3. The zero-order valence-corrected chi connectivity index (χ0v) is 10.8. The van der Waals surface area contributed by atoms with Crippen LogP contribution in [0.25, 0.3) is 16.8 Å². The van der Waals surface area contributed by atoms with Crippen molar-refractivity contribution in [1.82, 2.24) is 0 Å². The van der Waals surface area contributed by atoms with Crippen LogP contribution in [-0.4, -0.2) is 0 Å². The Labute approximate surface area is 101 Å². The van der Waals surface area contributed by atoms with E-state index in [0.717, 1.165) is 0 Å². The summed E-state index contributed by atoms with van der Waals surface area (Å²) in [5.41, 5.74) is 3.14. The molecule has 3 rings (SSSR count). The van der Waals surface area contributed by atoms with Gasteiger partial charge in [0.25, 0.3) is 0 Å². The van der Waals surface area contributed by atoms with E-state index in [4.69, 9.17) is 0 Å². The lowest BCUT2D eigenvalue weighted by atomic mass is 9.69. The summed E-state index contributed by atoms with van der Waals surface area (Å²) in [5, 5.41) is 7.24. The predicted octanol–water partition coefficient (Wildman–Crippen LogP) is 4.84. The second-order valence-electron chi connectivity index (χ2n) is 5.31. The molecule has 1 atom stereocenters. The Bertz CT molecular complexity index is 572. The van der Waals surface area contributed by atoms with Crippen LogP contribution in [0.3, 0.4) is 0 Å². The molecule has 2 aromatic rings. The van der Waals surface area contributed by atoms with Gasteiger partial charge in [-0.25, -0.2) is 0 Å². The lowest BCUT2D eigenvalue weighted by molar-refractivity contribution is 0.405. The third-order valence-electron chi connectivity index (χ3n) is 4.04. The van der Waals surface area contributed by atoms with Crippen molar-refractivity contribution in [2.45, 2.75) is 26.2 Å². The fourth-order valence-corrected chi connectivity index (χ4v) is 3.23. The maximum Gasteiger partial charge on any atom is -0.00143 e. The van der Waals surface area contributed by atoms with Gasteiger partial charge in [0, 0.05) is 0 Å². The second kappa shape index (κ2) is 3.21. The molecular weight excluding hydrogens is 212 g/mol. The van der Waals surface area contributed by atoms with Crippen molar-refractivity contribution in [2.24, 2.45) is 5.92 Å². The van der Waals surface area contributed by atoms with Crippen LogP contribution in [0.4, 0.5) is 0 Å². The van der Waals surface area contributed by atoms with Gasteiger partial charge in [-0.05, 0) is 56.1 Å². The topological polar surface area (TPSA) is 0 Å². The van der Waals surface area contributed by atoms with E-state index in [0.29, 0.717) is 5.92 Å². The van der Waals surface area contributed by atoms with E-state index in [2.05, 4.69) is 55.8 Å². The summed E-state index contributed by atoms with van der Waals surface area (Å²) in [4.78, 5) is 0. The largest absolute Gasteiger partial charge is 0.151 e. The van der Waals surface area contributed by atoms with Crippen LogP contribution in [0.5, 0.6) is 0 Å². The van der Waals surface area contributed by atoms with Crippen LogP contribution in [0, 0.1) is 5.92 Å². The molecule has 1 aliphatic carbocycles. The quantitative estimate of drug-likeness (QED) is 0.605. The second-order valence-corrected chi connectivity index (χ2v) is 6.05. The molecule has 0 amide bonds. The highest BCUT2D eigenvalue weighted by Gasteiger charge is 2.30. The molecule has 0 fully saturated rings. The number of benzene rings is 1. The number of rotatable bonds is 0. The van der Waals surface area contributed by atoms with E-state index in [1.807, 2.05) is 0 Å². The molecule has 0 nitrogen and oxygen atoms in total. The standard InChI is InChI=1S/C15H16S/c1-10-4-5-11-6-12-8-16-9-13(12)7-14(11)15(10,2)3/h4-10H,1-3H3. The van der Waals surface area contributed by atoms with Crippen molar-refractivity contribution in [3.8, 4) is 0 Å². The Morgan fingerprint density at radius 1 is 1.12 bits per heavy atom. The van der Waals surface area contributed by atoms with Crippen molar-refractivity contribution in [3.05, 3.63) is 40.1 Å². The fourth-order valence-electron chi connectivity index (χ4n) is 2.47. The van der Waals surface area contributed by atoms with Crippen LogP contribution >= 0.6 is 11.3 Å². The molecule has 0 bridgehead atoms. The van der Waals surface area contributed by atoms with Gasteiger partial charge in [-0.2, -0.15) is 11.3 Å². The highest BCUT2D eigenvalue weighted by molar-refractivity contribution is 7.09. The number of hydrogen-bond acceptors (Lipinski definition) is 1. The third-order valence-corrected chi connectivity index (χ3v) is 4.82. The first-order valence-electron chi connectivity index (χ1n) is 5.77. The van der Waals surface area contributed by atoms with E-state index in [9.17, 15) is 0 Å². The number of hydrogen-bond donors (Lipinski definition) is 0. The molecule has 0 spiro atoms. The summed E-state index contributed by atoms with van der Waals surface area (Å²) in [5.74, 6) is 0.607. The van der Waals surface area contributed by atoms with Crippen molar-refractivity contribution in [2.75, 3.05) is 0 Å². The Morgan fingerprint density at radius 2 is 1.81 bits per heavy atom. The Hall–Kier alpha value is -1.08. The number of fused-ring (bicyclic) bond motifs is 2. The first kappa shape index (κ1) is 10.1. The molecule has 0 radical (unpaired) electrons. The van der Waals surface area contributed by atoms with E-state index >= 15 is 0 Å². The maximum atomic E-state index is 2.38. The van der Waals surface area contributed by atoms with Crippen molar-refractivity contribution in [3.63, 3.8) is 0 Å². The molecule has 1 aromatic heterocycles. The summed E-state index contributed by atoms with van der Waals surface area (Å²) in [6.07, 6.45) is 4.61. The minimum atomic E-state index is 0.250. The molecular formula is C15H16S. The molecule has 1 heterocycles. The van der Waals surface area contributed by atoms with E-state index in [-0.39, 0.29) is 5.41 Å². The van der Waals surface area contributed by atoms with Gasteiger partial charge < -0.3 is 0 Å². The van der Waals surface area contributed by atoms with Crippen LogP contribution in [0.15, 0.2) is 29.0 Å². The summed E-state index contributed by atoms with van der Waals surface area (Å²) in [6.45, 7) is 6.99. The average Bonchev–Trinajstić information content (AvgIpc) is 2.69. The highest BCUT2D eigenvalue weighted by atomic mass is 32.1. The maximum absolute atomic E-state index is 2.38. The summed E-state index contributed by atoms with van der Waals surface area (Å²) >= 11 is 1.79. The summed E-state index contributed by atoms with van der Waals surface area (Å²) < 4.78 is 0. The SMILES string of the molecule is CC1C=Cc2cc3cscc3cc2C1(C)C. The number of thiophene rings is 1. The Morgan fingerprint density at radius 3 is 2.56 bits per heavy atom.